The smallest absolute Gasteiger partial charge is 0.359 e. The van der Waals surface area contributed by atoms with E-state index in [0.29, 0.717) is 4.21 Å². The van der Waals surface area contributed by atoms with E-state index >= 15 is 0 Å². The Bertz CT molecular complexity index is 1100. The number of carbonyl (C=O) groups is 2. The van der Waals surface area contributed by atoms with E-state index in [2.05, 4.69) is 41.4 Å². The minimum atomic E-state index is -0.713. The van der Waals surface area contributed by atoms with Gasteiger partial charge >= 0.3 is 5.97 Å². The number of thioether (sulfide) groups is 1. The Morgan fingerprint density at radius 1 is 0.844 bits per heavy atom. The van der Waals surface area contributed by atoms with Crippen molar-refractivity contribution in [1.29, 1.82) is 0 Å². The number of hydrogen-bond acceptors (Lipinski definition) is 6. The number of nitrogens with two attached hydrogens (primary N) is 1. The summed E-state index contributed by atoms with van der Waals surface area (Å²) in [7, 11) is 0. The number of benzene rings is 3. The molecule has 2 N–H and O–H groups in total. The summed E-state index contributed by atoms with van der Waals surface area (Å²) >= 11 is 2.89. The Hall–Kier alpha value is -3.42. The van der Waals surface area contributed by atoms with Crippen molar-refractivity contribution in [2.75, 3.05) is 6.61 Å². The van der Waals surface area contributed by atoms with Gasteiger partial charge in [0.05, 0.1) is 14.5 Å². The van der Waals surface area contributed by atoms with Crippen molar-refractivity contribution in [2.45, 2.75) is 8.96 Å². The first-order chi connectivity index (χ1) is 15.6. The van der Waals surface area contributed by atoms with E-state index < -0.39 is 23.2 Å². The number of rotatable bonds is 8. The van der Waals surface area contributed by atoms with Gasteiger partial charge in [-0.1, -0.05) is 103 Å². The van der Waals surface area contributed by atoms with Crippen LogP contribution in [0.3, 0.4) is 0 Å². The van der Waals surface area contributed by atoms with Crippen molar-refractivity contribution < 1.29 is 14.3 Å². The number of nitrogens with zero attached hydrogens (tertiary/aromatic N) is 1. The van der Waals surface area contributed by atoms with Crippen LogP contribution in [-0.4, -0.2) is 23.5 Å². The summed E-state index contributed by atoms with van der Waals surface area (Å²) < 4.78 is 5.08. The number of amides is 1. The van der Waals surface area contributed by atoms with Gasteiger partial charge < -0.3 is 10.5 Å². The highest BCUT2D eigenvalue weighted by molar-refractivity contribution is 8.02. The predicted molar refractivity (Wildman–Crippen MR) is 127 cm³/mol. The molecule has 0 unspecified atom stereocenters. The molecular weight excluding hydrogens is 440 g/mol. The molecular formula is C25H20N2O3S2. The summed E-state index contributed by atoms with van der Waals surface area (Å²) in [6.07, 6.45) is 0. The van der Waals surface area contributed by atoms with Crippen molar-refractivity contribution in [3.63, 3.8) is 0 Å². The molecule has 1 heterocycles. The standard InChI is InChI=1S/C25H20N2O3S2/c26-21(28)16-30-23(29)22-24(31-17-27-22)32-25(18-10-4-1-5-11-18,19-12-6-2-7-13-19)20-14-8-3-9-15-20/h1-15,17H,16H2,(H2,26,28). The molecule has 0 spiro atoms. The molecule has 0 aliphatic heterocycles. The lowest BCUT2D eigenvalue weighted by Crippen LogP contribution is -2.26. The van der Waals surface area contributed by atoms with Gasteiger partial charge in [0.1, 0.15) is 0 Å². The van der Waals surface area contributed by atoms with Crippen LogP contribution in [0.15, 0.2) is 101 Å². The van der Waals surface area contributed by atoms with Gasteiger partial charge in [0.25, 0.3) is 5.91 Å². The number of aromatic nitrogens is 1. The molecule has 0 aliphatic carbocycles. The number of hydrogen-bond donors (Lipinski definition) is 1. The molecule has 0 saturated carbocycles. The lowest BCUT2D eigenvalue weighted by molar-refractivity contribution is -0.121. The van der Waals surface area contributed by atoms with Crippen LogP contribution in [0.2, 0.25) is 0 Å². The lowest BCUT2D eigenvalue weighted by Gasteiger charge is -2.35. The summed E-state index contributed by atoms with van der Waals surface area (Å²) in [5, 5.41) is 0. The largest absolute Gasteiger partial charge is 0.451 e. The van der Waals surface area contributed by atoms with Crippen LogP contribution in [-0.2, 0) is 14.3 Å². The van der Waals surface area contributed by atoms with Crippen LogP contribution < -0.4 is 5.73 Å². The van der Waals surface area contributed by atoms with Gasteiger partial charge in [0, 0.05) is 0 Å². The quantitative estimate of drug-likeness (QED) is 0.230. The Labute approximate surface area is 194 Å². The maximum absolute atomic E-state index is 12.6. The molecule has 0 fully saturated rings. The Balaban J connectivity index is 1.88. The third-order valence-electron chi connectivity index (χ3n) is 4.86. The van der Waals surface area contributed by atoms with Crippen molar-refractivity contribution in [2.24, 2.45) is 5.73 Å². The summed E-state index contributed by atoms with van der Waals surface area (Å²) in [6, 6.07) is 30.5. The molecule has 1 aromatic heterocycles. The number of primary amides is 1. The van der Waals surface area contributed by atoms with Crippen molar-refractivity contribution in [3.05, 3.63) is 119 Å². The van der Waals surface area contributed by atoms with Crippen LogP contribution in [0.25, 0.3) is 0 Å². The number of carbonyl (C=O) groups excluding carboxylic acids is 2. The molecule has 4 rings (SSSR count). The SMILES string of the molecule is NC(=O)COC(=O)c1ncsc1SC(c1ccccc1)(c1ccccc1)c1ccccc1. The number of esters is 1. The summed E-state index contributed by atoms with van der Waals surface area (Å²) in [5.74, 6) is -1.38. The average molecular weight is 461 g/mol. The molecule has 0 bridgehead atoms. The minimum absolute atomic E-state index is 0.174. The van der Waals surface area contributed by atoms with E-state index in [1.807, 2.05) is 54.6 Å². The van der Waals surface area contributed by atoms with E-state index in [1.54, 1.807) is 5.51 Å². The highest BCUT2D eigenvalue weighted by Gasteiger charge is 2.39. The normalized spacial score (nSPS) is 11.1. The highest BCUT2D eigenvalue weighted by atomic mass is 32.2. The van der Waals surface area contributed by atoms with Gasteiger partial charge in [-0.25, -0.2) is 9.78 Å². The van der Waals surface area contributed by atoms with E-state index in [9.17, 15) is 9.59 Å². The van der Waals surface area contributed by atoms with Gasteiger partial charge in [0.2, 0.25) is 0 Å². The molecule has 1 amide bonds. The third-order valence-corrected chi connectivity index (χ3v) is 7.41. The molecule has 4 aromatic rings. The molecule has 0 saturated heterocycles. The second-order valence-electron chi connectivity index (χ2n) is 6.91. The fourth-order valence-electron chi connectivity index (χ4n) is 3.48. The number of thiazole rings is 1. The van der Waals surface area contributed by atoms with Crippen molar-refractivity contribution in [3.8, 4) is 0 Å². The predicted octanol–water partition coefficient (Wildman–Crippen LogP) is 4.87. The molecule has 5 nitrogen and oxygen atoms in total. The summed E-state index contributed by atoms with van der Waals surface area (Å²) in [4.78, 5) is 27.9. The second kappa shape index (κ2) is 9.80. The monoisotopic (exact) mass is 460 g/mol. The lowest BCUT2D eigenvalue weighted by atomic mass is 9.84. The topological polar surface area (TPSA) is 82.3 Å². The average Bonchev–Trinajstić information content (AvgIpc) is 3.31. The zero-order chi connectivity index (χ0) is 22.4. The minimum Gasteiger partial charge on any atom is -0.451 e. The van der Waals surface area contributed by atoms with Gasteiger partial charge in [-0.2, -0.15) is 0 Å². The van der Waals surface area contributed by atoms with Gasteiger partial charge in [0.15, 0.2) is 12.3 Å². The molecule has 160 valence electrons. The van der Waals surface area contributed by atoms with Gasteiger partial charge in [-0.3, -0.25) is 4.79 Å². The first kappa shape index (κ1) is 21.8. The number of ether oxygens (including phenoxy) is 1. The van der Waals surface area contributed by atoms with Crippen LogP contribution >= 0.6 is 23.1 Å². The van der Waals surface area contributed by atoms with Gasteiger partial charge in [-0.15, -0.1) is 11.3 Å². The van der Waals surface area contributed by atoms with Crippen LogP contribution in [0.1, 0.15) is 27.2 Å². The molecule has 0 atom stereocenters. The van der Waals surface area contributed by atoms with Gasteiger partial charge in [-0.05, 0) is 16.7 Å². The first-order valence-corrected chi connectivity index (χ1v) is 11.6. The van der Waals surface area contributed by atoms with Crippen LogP contribution in [0.5, 0.6) is 0 Å². The zero-order valence-corrected chi connectivity index (χ0v) is 18.6. The van der Waals surface area contributed by atoms with E-state index in [4.69, 9.17) is 10.5 Å². The van der Waals surface area contributed by atoms with E-state index in [1.165, 1.54) is 23.1 Å². The van der Waals surface area contributed by atoms with E-state index in [0.717, 1.165) is 16.7 Å². The maximum Gasteiger partial charge on any atom is 0.359 e. The zero-order valence-electron chi connectivity index (χ0n) is 17.0. The second-order valence-corrected chi connectivity index (χ2v) is 9.25. The molecule has 3 aromatic carbocycles. The molecule has 7 heteroatoms. The van der Waals surface area contributed by atoms with Crippen molar-refractivity contribution in [1.82, 2.24) is 4.98 Å². The first-order valence-electron chi connectivity index (χ1n) is 9.86. The van der Waals surface area contributed by atoms with Crippen LogP contribution in [0, 0.1) is 0 Å². The Morgan fingerprint density at radius 2 is 1.31 bits per heavy atom. The molecule has 0 radical (unpaired) electrons. The molecule has 0 aliphatic rings. The van der Waals surface area contributed by atoms with E-state index in [-0.39, 0.29) is 5.69 Å². The Morgan fingerprint density at radius 3 is 1.75 bits per heavy atom. The fraction of sp³-hybridized carbons (Fsp3) is 0.0800. The summed E-state index contributed by atoms with van der Waals surface area (Å²) in [6.45, 7) is -0.484. The highest BCUT2D eigenvalue weighted by Crippen LogP contribution is 2.53. The maximum atomic E-state index is 12.6. The van der Waals surface area contributed by atoms with Crippen LogP contribution in [0.4, 0.5) is 0 Å². The Kier molecular flexibility index (Phi) is 6.68. The molecule has 32 heavy (non-hydrogen) atoms. The fourth-order valence-corrected chi connectivity index (χ4v) is 5.95. The third kappa shape index (κ3) is 4.44. The summed E-state index contributed by atoms with van der Waals surface area (Å²) in [5.41, 5.74) is 10.1. The van der Waals surface area contributed by atoms with Crippen molar-refractivity contribution >= 4 is 35.0 Å².